The first kappa shape index (κ1) is 11.5. The van der Waals surface area contributed by atoms with Crippen LogP contribution < -0.4 is 5.32 Å². The van der Waals surface area contributed by atoms with Gasteiger partial charge in [0.15, 0.2) is 0 Å². The Morgan fingerprint density at radius 3 is 2.88 bits per heavy atom. The number of hydrogen-bond acceptors (Lipinski definition) is 3. The van der Waals surface area contributed by atoms with Crippen LogP contribution in [0.3, 0.4) is 0 Å². The normalized spacial score (nSPS) is 10.2. The van der Waals surface area contributed by atoms with Gasteiger partial charge in [0.2, 0.25) is 0 Å². The van der Waals surface area contributed by atoms with E-state index in [0.29, 0.717) is 11.3 Å². The average molecular weight is 252 g/mol. The molecule has 1 aromatic carbocycles. The molecule has 1 heterocycles. The Balaban J connectivity index is 2.17. The fourth-order valence-corrected chi connectivity index (χ4v) is 1.52. The number of nitrogens with one attached hydrogen (secondary N) is 1. The van der Waals surface area contributed by atoms with Crippen molar-refractivity contribution in [2.75, 3.05) is 5.32 Å². The van der Waals surface area contributed by atoms with Gasteiger partial charge < -0.3 is 10.4 Å². The molecule has 0 radical (unpaired) electrons. The number of carbonyl (C=O) groups is 1. The molecule has 0 saturated carbocycles. The van der Waals surface area contributed by atoms with E-state index in [-0.39, 0.29) is 16.7 Å². The summed E-state index contributed by atoms with van der Waals surface area (Å²) in [5.74, 6) is -0.357. The van der Waals surface area contributed by atoms with Crippen LogP contribution in [0.1, 0.15) is 10.4 Å². The Morgan fingerprint density at radius 2 is 2.29 bits per heavy atom. The highest BCUT2D eigenvalue weighted by Gasteiger charge is 2.09. The summed E-state index contributed by atoms with van der Waals surface area (Å²) in [5.41, 5.74) is 0.971. The van der Waals surface area contributed by atoms with Gasteiger partial charge in [0.1, 0.15) is 5.75 Å². The molecular formula is C11H10ClN3O2. The van der Waals surface area contributed by atoms with Gasteiger partial charge in [-0.15, -0.1) is 0 Å². The number of hydrogen-bond donors (Lipinski definition) is 2. The summed E-state index contributed by atoms with van der Waals surface area (Å²) in [4.78, 5) is 11.8. The maximum absolute atomic E-state index is 11.8. The second kappa shape index (κ2) is 4.47. The molecule has 0 saturated heterocycles. The molecule has 0 bridgehead atoms. The molecule has 2 aromatic rings. The fourth-order valence-electron chi connectivity index (χ4n) is 1.34. The summed E-state index contributed by atoms with van der Waals surface area (Å²) < 4.78 is 1.58. The van der Waals surface area contributed by atoms with Crippen molar-refractivity contribution in [3.8, 4) is 5.75 Å². The van der Waals surface area contributed by atoms with Gasteiger partial charge in [0.25, 0.3) is 5.91 Å². The number of amides is 1. The molecule has 1 aromatic heterocycles. The number of nitrogens with zero attached hydrogens (tertiary/aromatic N) is 2. The number of aryl methyl sites for hydroxylation is 1. The van der Waals surface area contributed by atoms with E-state index in [0.717, 1.165) is 0 Å². The van der Waals surface area contributed by atoms with Crippen LogP contribution >= 0.6 is 11.6 Å². The molecule has 0 aliphatic heterocycles. The van der Waals surface area contributed by atoms with Crippen molar-refractivity contribution in [1.29, 1.82) is 0 Å². The minimum absolute atomic E-state index is 0.0513. The molecule has 0 spiro atoms. The van der Waals surface area contributed by atoms with E-state index in [4.69, 9.17) is 11.6 Å². The number of halogens is 1. The van der Waals surface area contributed by atoms with Crippen molar-refractivity contribution in [2.24, 2.45) is 7.05 Å². The fraction of sp³-hybridized carbons (Fsp3) is 0.0909. The number of rotatable bonds is 2. The van der Waals surface area contributed by atoms with E-state index < -0.39 is 0 Å². The molecule has 0 fully saturated rings. The number of aromatic hydroxyl groups is 1. The van der Waals surface area contributed by atoms with Crippen molar-refractivity contribution in [3.63, 3.8) is 0 Å². The Morgan fingerprint density at radius 1 is 1.53 bits per heavy atom. The predicted octanol–water partition coefficient (Wildman–Crippen LogP) is 2.03. The first-order valence-corrected chi connectivity index (χ1v) is 5.22. The highest BCUT2D eigenvalue weighted by Crippen LogP contribution is 2.24. The highest BCUT2D eigenvalue weighted by molar-refractivity contribution is 6.32. The third-order valence-electron chi connectivity index (χ3n) is 2.17. The lowest BCUT2D eigenvalue weighted by molar-refractivity contribution is 0.102. The Hall–Kier alpha value is -2.01. The summed E-state index contributed by atoms with van der Waals surface area (Å²) in [5, 5.41) is 16.0. The van der Waals surface area contributed by atoms with Gasteiger partial charge in [-0.25, -0.2) is 0 Å². The summed E-state index contributed by atoms with van der Waals surface area (Å²) in [7, 11) is 1.76. The zero-order valence-electron chi connectivity index (χ0n) is 9.01. The van der Waals surface area contributed by atoms with Crippen LogP contribution in [0.5, 0.6) is 5.75 Å². The van der Waals surface area contributed by atoms with Crippen molar-refractivity contribution >= 4 is 23.2 Å². The second-order valence-corrected chi connectivity index (χ2v) is 3.93. The molecule has 1 amide bonds. The van der Waals surface area contributed by atoms with Crippen molar-refractivity contribution in [1.82, 2.24) is 9.78 Å². The maximum Gasteiger partial charge on any atom is 0.255 e. The lowest BCUT2D eigenvalue weighted by Gasteiger charge is -2.03. The molecule has 2 N–H and O–H groups in total. The summed E-state index contributed by atoms with van der Waals surface area (Å²) in [6.45, 7) is 0. The lowest BCUT2D eigenvalue weighted by atomic mass is 10.2. The summed E-state index contributed by atoms with van der Waals surface area (Å²) in [6.07, 6.45) is 3.22. The van der Waals surface area contributed by atoms with Gasteiger partial charge in [-0.05, 0) is 18.2 Å². The molecule has 6 heteroatoms. The second-order valence-electron chi connectivity index (χ2n) is 3.52. The number of phenols is 1. The molecule has 0 aliphatic rings. The number of anilines is 1. The number of benzene rings is 1. The van der Waals surface area contributed by atoms with Crippen LogP contribution in [0.25, 0.3) is 0 Å². The van der Waals surface area contributed by atoms with E-state index in [1.54, 1.807) is 24.1 Å². The van der Waals surface area contributed by atoms with Crippen LogP contribution in [0, 0.1) is 0 Å². The molecule has 0 aliphatic carbocycles. The average Bonchev–Trinajstić information content (AvgIpc) is 2.68. The quantitative estimate of drug-likeness (QED) is 0.858. The zero-order chi connectivity index (χ0) is 12.4. The number of aromatic nitrogens is 2. The Labute approximate surface area is 103 Å². The first-order valence-electron chi connectivity index (χ1n) is 4.85. The molecular weight excluding hydrogens is 242 g/mol. The first-order chi connectivity index (χ1) is 8.06. The Kier molecular flexibility index (Phi) is 3.01. The van der Waals surface area contributed by atoms with Crippen LogP contribution in [0.15, 0.2) is 30.6 Å². The molecule has 17 heavy (non-hydrogen) atoms. The SMILES string of the molecule is Cn1cc(NC(=O)c2ccc(O)c(Cl)c2)cn1. The van der Waals surface area contributed by atoms with E-state index in [9.17, 15) is 9.90 Å². The highest BCUT2D eigenvalue weighted by atomic mass is 35.5. The van der Waals surface area contributed by atoms with Gasteiger partial charge in [0, 0.05) is 18.8 Å². The van der Waals surface area contributed by atoms with Gasteiger partial charge in [0.05, 0.1) is 16.9 Å². The monoisotopic (exact) mass is 251 g/mol. The van der Waals surface area contributed by atoms with Gasteiger partial charge in [-0.2, -0.15) is 5.10 Å². The minimum Gasteiger partial charge on any atom is -0.506 e. The summed E-state index contributed by atoms with van der Waals surface area (Å²) >= 11 is 5.72. The summed E-state index contributed by atoms with van der Waals surface area (Å²) in [6, 6.07) is 4.27. The van der Waals surface area contributed by atoms with E-state index in [2.05, 4.69) is 10.4 Å². The molecule has 0 unspecified atom stereocenters. The van der Waals surface area contributed by atoms with Crippen molar-refractivity contribution in [3.05, 3.63) is 41.2 Å². The third-order valence-corrected chi connectivity index (χ3v) is 2.48. The smallest absolute Gasteiger partial charge is 0.255 e. The predicted molar refractivity (Wildman–Crippen MR) is 64.3 cm³/mol. The zero-order valence-corrected chi connectivity index (χ0v) is 9.77. The molecule has 88 valence electrons. The van der Waals surface area contributed by atoms with Crippen LogP contribution in [0.4, 0.5) is 5.69 Å². The van der Waals surface area contributed by atoms with E-state index in [1.165, 1.54) is 18.2 Å². The maximum atomic E-state index is 11.8. The van der Waals surface area contributed by atoms with E-state index in [1.807, 2.05) is 0 Å². The van der Waals surface area contributed by atoms with Crippen LogP contribution in [-0.2, 0) is 7.05 Å². The lowest BCUT2D eigenvalue weighted by Crippen LogP contribution is -2.11. The third kappa shape index (κ3) is 2.57. The minimum atomic E-state index is -0.306. The van der Waals surface area contributed by atoms with Gasteiger partial charge >= 0.3 is 0 Å². The molecule has 0 atom stereocenters. The standard InChI is InChI=1S/C11H10ClN3O2/c1-15-6-8(5-13-15)14-11(17)7-2-3-10(16)9(12)4-7/h2-6,16H,1H3,(H,14,17). The van der Waals surface area contributed by atoms with Crippen LogP contribution in [-0.4, -0.2) is 20.8 Å². The van der Waals surface area contributed by atoms with Crippen molar-refractivity contribution in [2.45, 2.75) is 0 Å². The molecule has 2 rings (SSSR count). The molecule has 5 nitrogen and oxygen atoms in total. The van der Waals surface area contributed by atoms with Gasteiger partial charge in [-0.1, -0.05) is 11.6 Å². The van der Waals surface area contributed by atoms with Crippen LogP contribution in [0.2, 0.25) is 5.02 Å². The van der Waals surface area contributed by atoms with Gasteiger partial charge in [-0.3, -0.25) is 9.48 Å². The topological polar surface area (TPSA) is 67.2 Å². The number of carbonyl (C=O) groups excluding carboxylic acids is 1. The largest absolute Gasteiger partial charge is 0.506 e. The van der Waals surface area contributed by atoms with Crippen molar-refractivity contribution < 1.29 is 9.90 Å². The Bertz CT molecular complexity index is 566. The number of phenolic OH excluding ortho intramolecular Hbond substituents is 1. The van der Waals surface area contributed by atoms with E-state index >= 15 is 0 Å².